The van der Waals surface area contributed by atoms with Gasteiger partial charge in [0.1, 0.15) is 0 Å². The quantitative estimate of drug-likeness (QED) is 0.604. The van der Waals surface area contributed by atoms with Crippen LogP contribution < -0.4 is 10.6 Å². The number of rotatable bonds is 3. The van der Waals surface area contributed by atoms with Crippen LogP contribution in [-0.4, -0.2) is 49.0 Å². The molecule has 0 radical (unpaired) electrons. The van der Waals surface area contributed by atoms with E-state index < -0.39 is 5.92 Å². The van der Waals surface area contributed by atoms with Crippen molar-refractivity contribution in [1.82, 2.24) is 15.5 Å². The minimum atomic E-state index is -2.56. The molecule has 3 fully saturated rings. The van der Waals surface area contributed by atoms with E-state index in [4.69, 9.17) is 0 Å². The molecule has 0 unspecified atom stereocenters. The fourth-order valence-electron chi connectivity index (χ4n) is 7.81. The van der Waals surface area contributed by atoms with Gasteiger partial charge in [0.05, 0.1) is 5.92 Å². The van der Waals surface area contributed by atoms with Crippen molar-refractivity contribution < 1.29 is 13.6 Å². The van der Waals surface area contributed by atoms with Gasteiger partial charge in [-0.25, -0.2) is 8.78 Å². The van der Waals surface area contributed by atoms with Gasteiger partial charge in [0.15, 0.2) is 0 Å². The Morgan fingerprint density at radius 2 is 1.76 bits per heavy atom. The van der Waals surface area contributed by atoms with Gasteiger partial charge in [-0.15, -0.1) is 0 Å². The van der Waals surface area contributed by atoms with E-state index in [1.165, 1.54) is 22.3 Å². The van der Waals surface area contributed by atoms with Crippen molar-refractivity contribution in [3.05, 3.63) is 70.8 Å². The Labute approximate surface area is 219 Å². The van der Waals surface area contributed by atoms with E-state index in [2.05, 4.69) is 64.9 Å². The molecular weight excluding hydrogens is 468 g/mol. The minimum absolute atomic E-state index is 0.0224. The monoisotopic (exact) mass is 507 g/mol. The topological polar surface area (TPSA) is 44.4 Å². The van der Waals surface area contributed by atoms with E-state index in [0.29, 0.717) is 31.8 Å². The number of alkyl halides is 2. The Morgan fingerprint density at radius 3 is 2.54 bits per heavy atom. The number of fused-ring (bicyclic) bond motifs is 2. The zero-order valence-electron chi connectivity index (χ0n) is 21.8. The lowest BCUT2D eigenvalue weighted by atomic mass is 9.67. The molecule has 4 atom stereocenters. The first-order valence-corrected chi connectivity index (χ1v) is 14.1. The van der Waals surface area contributed by atoms with Gasteiger partial charge in [-0.05, 0) is 61.1 Å². The molecule has 4 nitrogen and oxygen atoms in total. The van der Waals surface area contributed by atoms with Crippen LogP contribution in [0, 0.1) is 18.8 Å². The van der Waals surface area contributed by atoms with Crippen LogP contribution in [0.15, 0.2) is 48.5 Å². The van der Waals surface area contributed by atoms with E-state index in [-0.39, 0.29) is 42.0 Å². The molecule has 6 rings (SSSR count). The lowest BCUT2D eigenvalue weighted by molar-refractivity contribution is -0.144. The smallest absolute Gasteiger partial charge is 0.248 e. The maximum Gasteiger partial charge on any atom is 0.248 e. The van der Waals surface area contributed by atoms with E-state index in [1.807, 2.05) is 6.07 Å². The van der Waals surface area contributed by atoms with E-state index >= 15 is 0 Å². The highest BCUT2D eigenvalue weighted by Gasteiger charge is 2.53. The summed E-state index contributed by atoms with van der Waals surface area (Å²) in [5.74, 6) is -1.99. The fourth-order valence-corrected chi connectivity index (χ4v) is 7.81. The summed E-state index contributed by atoms with van der Waals surface area (Å²) in [6, 6.07) is 17.2. The summed E-state index contributed by atoms with van der Waals surface area (Å²) in [4.78, 5) is 16.6. The second-order valence-electron chi connectivity index (χ2n) is 12.0. The molecule has 6 heteroatoms. The predicted molar refractivity (Wildman–Crippen MR) is 142 cm³/mol. The average Bonchev–Trinajstić information content (AvgIpc) is 3.32. The van der Waals surface area contributed by atoms with Crippen molar-refractivity contribution in [2.75, 3.05) is 26.2 Å². The number of hydrogen-bond donors (Lipinski definition) is 2. The first-order chi connectivity index (χ1) is 17.9. The average molecular weight is 508 g/mol. The molecule has 1 spiro atoms. The Kier molecular flexibility index (Phi) is 6.60. The number of benzene rings is 2. The van der Waals surface area contributed by atoms with Crippen LogP contribution >= 0.6 is 0 Å². The van der Waals surface area contributed by atoms with Gasteiger partial charge < -0.3 is 15.5 Å². The molecule has 37 heavy (non-hydrogen) atoms. The minimum Gasteiger partial charge on any atom is -0.339 e. The summed E-state index contributed by atoms with van der Waals surface area (Å²) in [6.45, 7) is 5.90. The predicted octanol–water partition coefficient (Wildman–Crippen LogP) is 5.16. The third-order valence-electron chi connectivity index (χ3n) is 9.81. The van der Waals surface area contributed by atoms with Crippen molar-refractivity contribution in [3.8, 4) is 0 Å². The number of amides is 1. The Balaban J connectivity index is 1.30. The van der Waals surface area contributed by atoms with E-state index in [0.717, 1.165) is 32.5 Å². The number of nitrogens with zero attached hydrogens (tertiary/aromatic N) is 1. The van der Waals surface area contributed by atoms with Gasteiger partial charge >= 0.3 is 0 Å². The maximum atomic E-state index is 14.5. The van der Waals surface area contributed by atoms with Crippen LogP contribution in [0.3, 0.4) is 0 Å². The van der Waals surface area contributed by atoms with Crippen molar-refractivity contribution in [3.63, 3.8) is 0 Å². The standard InChI is InChI=1S/C31H39F2N3O/c1-21-7-8-26-25(15-21)17-34-19-30(26)20-35-18-27(30)29(37)36-14-11-24(22-5-3-2-4-6-22)16-28(36)23-9-12-31(32,33)13-10-23/h2-8,15,23-24,27-28,34-35H,9-14,16-20H2,1H3/t24-,27+,28+,30+/m1/s1. The highest BCUT2D eigenvalue weighted by molar-refractivity contribution is 5.82. The van der Waals surface area contributed by atoms with Crippen LogP contribution in [0.5, 0.6) is 0 Å². The molecule has 2 N–H and O–H groups in total. The lowest BCUT2D eigenvalue weighted by Crippen LogP contribution is -2.57. The fraction of sp³-hybridized carbons (Fsp3) is 0.581. The van der Waals surface area contributed by atoms with E-state index in [1.54, 1.807) is 0 Å². The van der Waals surface area contributed by atoms with Crippen LogP contribution in [0.4, 0.5) is 8.78 Å². The zero-order chi connectivity index (χ0) is 25.6. The molecule has 3 aliphatic heterocycles. The number of halogens is 2. The number of carbonyl (C=O) groups excluding carboxylic acids is 1. The molecule has 3 heterocycles. The molecular formula is C31H39F2N3O. The SMILES string of the molecule is Cc1ccc2c(c1)CNC[C@]21CNC[C@H]1C(=O)N1CC[C@@H](c2ccccc2)C[C@H]1C1CCC(F)(F)CC1. The molecule has 2 aromatic carbocycles. The van der Waals surface area contributed by atoms with Crippen molar-refractivity contribution >= 4 is 5.91 Å². The summed E-state index contributed by atoms with van der Waals surface area (Å²) in [5, 5.41) is 7.17. The van der Waals surface area contributed by atoms with Crippen molar-refractivity contribution in [1.29, 1.82) is 0 Å². The van der Waals surface area contributed by atoms with Crippen molar-refractivity contribution in [2.45, 2.75) is 75.3 Å². The van der Waals surface area contributed by atoms with Crippen LogP contribution in [0.2, 0.25) is 0 Å². The Hall–Kier alpha value is -2.31. The molecule has 1 aliphatic carbocycles. The molecule has 2 saturated heterocycles. The summed E-state index contributed by atoms with van der Waals surface area (Å²) in [5.41, 5.74) is 4.87. The number of aryl methyl sites for hydroxylation is 1. The van der Waals surface area contributed by atoms with Gasteiger partial charge in [0.25, 0.3) is 0 Å². The highest BCUT2D eigenvalue weighted by Crippen LogP contribution is 2.46. The molecule has 0 aromatic heterocycles. The summed E-state index contributed by atoms with van der Waals surface area (Å²) < 4.78 is 28.2. The second kappa shape index (κ2) is 9.77. The first-order valence-electron chi connectivity index (χ1n) is 14.1. The first kappa shape index (κ1) is 25.0. The molecule has 2 aromatic rings. The zero-order valence-corrected chi connectivity index (χ0v) is 21.8. The number of piperidine rings is 1. The third-order valence-corrected chi connectivity index (χ3v) is 9.81. The summed E-state index contributed by atoms with van der Waals surface area (Å²) >= 11 is 0. The summed E-state index contributed by atoms with van der Waals surface area (Å²) in [7, 11) is 0. The highest BCUT2D eigenvalue weighted by atomic mass is 19.3. The van der Waals surface area contributed by atoms with Crippen molar-refractivity contribution in [2.24, 2.45) is 11.8 Å². The van der Waals surface area contributed by atoms with Crippen LogP contribution in [0.25, 0.3) is 0 Å². The van der Waals surface area contributed by atoms with Gasteiger partial charge in [-0.3, -0.25) is 4.79 Å². The van der Waals surface area contributed by atoms with Gasteiger partial charge in [0.2, 0.25) is 11.8 Å². The number of carbonyl (C=O) groups is 1. The molecule has 1 amide bonds. The lowest BCUT2D eigenvalue weighted by Gasteiger charge is -2.48. The maximum absolute atomic E-state index is 14.5. The normalized spacial score (nSPS) is 31.9. The third kappa shape index (κ3) is 4.61. The number of nitrogens with one attached hydrogen (secondary N) is 2. The van der Waals surface area contributed by atoms with Gasteiger partial charge in [-0.2, -0.15) is 0 Å². The molecule has 0 bridgehead atoms. The Morgan fingerprint density at radius 1 is 1.00 bits per heavy atom. The number of likely N-dealkylation sites (tertiary alicyclic amines) is 1. The summed E-state index contributed by atoms with van der Waals surface area (Å²) in [6.07, 6.45) is 2.68. The second-order valence-corrected chi connectivity index (χ2v) is 12.0. The van der Waals surface area contributed by atoms with Gasteiger partial charge in [0, 0.05) is 57.0 Å². The largest absolute Gasteiger partial charge is 0.339 e. The van der Waals surface area contributed by atoms with Gasteiger partial charge in [-0.1, -0.05) is 54.1 Å². The molecule has 4 aliphatic rings. The van der Waals surface area contributed by atoms with Crippen LogP contribution in [-0.2, 0) is 16.8 Å². The van der Waals surface area contributed by atoms with E-state index in [9.17, 15) is 13.6 Å². The van der Waals surface area contributed by atoms with Crippen LogP contribution in [0.1, 0.15) is 66.7 Å². The molecule has 1 saturated carbocycles. The molecule has 198 valence electrons. The Bertz CT molecular complexity index is 1130. The number of hydrogen-bond acceptors (Lipinski definition) is 3.